The van der Waals surface area contributed by atoms with Crippen molar-refractivity contribution in [3.05, 3.63) is 28.8 Å². The Morgan fingerprint density at radius 2 is 2.00 bits per heavy atom. The number of benzene rings is 1. The van der Waals surface area contributed by atoms with Crippen LogP contribution in [0.5, 0.6) is 5.75 Å². The number of amides is 1. The van der Waals surface area contributed by atoms with E-state index in [1.54, 1.807) is 32.9 Å². The fourth-order valence-corrected chi connectivity index (χ4v) is 1.93. The summed E-state index contributed by atoms with van der Waals surface area (Å²) in [7, 11) is 1.49. The predicted octanol–water partition coefficient (Wildman–Crippen LogP) is 2.27. The molecule has 2 atom stereocenters. The van der Waals surface area contributed by atoms with Gasteiger partial charge in [0, 0.05) is 17.1 Å². The summed E-state index contributed by atoms with van der Waals surface area (Å²) in [5, 5.41) is 22.8. The van der Waals surface area contributed by atoms with Crippen LogP contribution in [0.15, 0.2) is 18.2 Å². The maximum absolute atomic E-state index is 11.5. The first-order chi connectivity index (χ1) is 10.1. The van der Waals surface area contributed by atoms with E-state index in [4.69, 9.17) is 21.1 Å². The fourth-order valence-electron chi connectivity index (χ4n) is 1.70. The summed E-state index contributed by atoms with van der Waals surface area (Å²) in [6.07, 6.45) is -3.18. The number of aliphatic hydroxyl groups is 2. The van der Waals surface area contributed by atoms with Gasteiger partial charge in [-0.3, -0.25) is 0 Å². The van der Waals surface area contributed by atoms with Crippen molar-refractivity contribution in [3.63, 3.8) is 0 Å². The summed E-state index contributed by atoms with van der Waals surface area (Å²) in [6, 6.07) is 4.74. The van der Waals surface area contributed by atoms with Gasteiger partial charge in [-0.1, -0.05) is 11.6 Å². The van der Waals surface area contributed by atoms with Crippen LogP contribution in [0.1, 0.15) is 32.4 Å². The van der Waals surface area contributed by atoms with Gasteiger partial charge < -0.3 is 25.0 Å². The third kappa shape index (κ3) is 5.71. The van der Waals surface area contributed by atoms with Crippen LogP contribution in [0.25, 0.3) is 0 Å². The molecule has 1 aromatic carbocycles. The number of alkyl carbamates (subject to hydrolysis) is 1. The number of aliphatic hydroxyl groups excluding tert-OH is 2. The molecule has 0 aliphatic carbocycles. The third-order valence-electron chi connectivity index (χ3n) is 2.74. The summed E-state index contributed by atoms with van der Waals surface area (Å²) in [6.45, 7) is 5.01. The molecule has 2 unspecified atom stereocenters. The van der Waals surface area contributed by atoms with Crippen molar-refractivity contribution in [2.24, 2.45) is 0 Å². The normalized spacial score (nSPS) is 14.1. The fraction of sp³-hybridized carbons (Fsp3) is 0.533. The number of carbonyl (C=O) groups excluding carboxylic acids is 1. The molecule has 0 aromatic heterocycles. The highest BCUT2D eigenvalue weighted by molar-refractivity contribution is 6.31. The van der Waals surface area contributed by atoms with Crippen LogP contribution >= 0.6 is 11.6 Å². The van der Waals surface area contributed by atoms with Crippen molar-refractivity contribution in [2.75, 3.05) is 13.7 Å². The van der Waals surface area contributed by atoms with Crippen LogP contribution in [0.2, 0.25) is 5.02 Å². The van der Waals surface area contributed by atoms with E-state index in [1.165, 1.54) is 13.2 Å². The molecule has 0 aliphatic rings. The highest BCUT2D eigenvalue weighted by Crippen LogP contribution is 2.29. The first-order valence-electron chi connectivity index (χ1n) is 6.80. The van der Waals surface area contributed by atoms with Gasteiger partial charge >= 0.3 is 6.09 Å². The second kappa shape index (κ2) is 7.67. The average Bonchev–Trinajstić information content (AvgIpc) is 2.42. The van der Waals surface area contributed by atoms with Crippen molar-refractivity contribution in [3.8, 4) is 5.75 Å². The van der Waals surface area contributed by atoms with E-state index in [0.717, 1.165) is 0 Å². The zero-order chi connectivity index (χ0) is 16.9. The molecule has 22 heavy (non-hydrogen) atoms. The molecule has 0 fully saturated rings. The zero-order valence-electron chi connectivity index (χ0n) is 13.1. The number of rotatable bonds is 5. The molecule has 0 bridgehead atoms. The first-order valence-corrected chi connectivity index (χ1v) is 7.18. The number of carbonyl (C=O) groups is 1. The lowest BCUT2D eigenvalue weighted by atomic mass is 10.0. The van der Waals surface area contributed by atoms with Crippen molar-refractivity contribution < 1.29 is 24.5 Å². The van der Waals surface area contributed by atoms with Crippen molar-refractivity contribution in [2.45, 2.75) is 38.6 Å². The monoisotopic (exact) mass is 331 g/mol. The maximum atomic E-state index is 11.5. The number of methoxy groups -OCH3 is 1. The molecule has 0 saturated heterocycles. The zero-order valence-corrected chi connectivity index (χ0v) is 13.8. The number of halogens is 1. The lowest BCUT2D eigenvalue weighted by Gasteiger charge is -2.22. The SMILES string of the molecule is COc1ccc(Cl)c(C(O)C(O)CNC(=O)OC(C)(C)C)c1. The topological polar surface area (TPSA) is 88.0 Å². The number of ether oxygens (including phenoxy) is 2. The Bertz CT molecular complexity index is 515. The van der Waals surface area contributed by atoms with Crippen molar-refractivity contribution in [1.82, 2.24) is 5.32 Å². The molecule has 0 aliphatic heterocycles. The molecule has 3 N–H and O–H groups in total. The van der Waals surface area contributed by atoms with E-state index in [9.17, 15) is 15.0 Å². The van der Waals surface area contributed by atoms with Gasteiger partial charge in [0.1, 0.15) is 23.6 Å². The van der Waals surface area contributed by atoms with Crippen molar-refractivity contribution in [1.29, 1.82) is 0 Å². The molecule has 6 nitrogen and oxygen atoms in total. The summed E-state index contributed by atoms with van der Waals surface area (Å²) in [4.78, 5) is 11.5. The van der Waals surface area contributed by atoms with Gasteiger partial charge in [-0.05, 0) is 39.0 Å². The van der Waals surface area contributed by atoms with Gasteiger partial charge in [-0.15, -0.1) is 0 Å². The maximum Gasteiger partial charge on any atom is 0.407 e. The van der Waals surface area contributed by atoms with Gasteiger partial charge in [0.2, 0.25) is 0 Å². The number of nitrogens with one attached hydrogen (secondary N) is 1. The Kier molecular flexibility index (Phi) is 6.47. The molecule has 1 amide bonds. The number of hydrogen-bond acceptors (Lipinski definition) is 5. The van der Waals surface area contributed by atoms with E-state index in [2.05, 4.69) is 5.32 Å². The second-order valence-corrected chi connectivity index (χ2v) is 6.19. The van der Waals surface area contributed by atoms with E-state index in [1.807, 2.05) is 0 Å². The van der Waals surface area contributed by atoms with Crippen LogP contribution < -0.4 is 10.1 Å². The Morgan fingerprint density at radius 1 is 1.36 bits per heavy atom. The summed E-state index contributed by atoms with van der Waals surface area (Å²) in [5.74, 6) is 0.505. The van der Waals surface area contributed by atoms with E-state index >= 15 is 0 Å². The largest absolute Gasteiger partial charge is 0.497 e. The smallest absolute Gasteiger partial charge is 0.407 e. The molecule has 1 rings (SSSR count). The standard InChI is InChI=1S/C15H22ClNO5/c1-15(2,3)22-14(20)17-8-12(18)13(19)10-7-9(21-4)5-6-11(10)16/h5-7,12-13,18-19H,8H2,1-4H3,(H,17,20). The second-order valence-electron chi connectivity index (χ2n) is 5.78. The molecular formula is C15H22ClNO5. The minimum Gasteiger partial charge on any atom is -0.497 e. The minimum atomic E-state index is -1.27. The lowest BCUT2D eigenvalue weighted by Crippen LogP contribution is -2.38. The molecule has 7 heteroatoms. The molecular weight excluding hydrogens is 310 g/mol. The van der Waals surface area contributed by atoms with Crippen LogP contribution in [0, 0.1) is 0 Å². The molecule has 124 valence electrons. The summed E-state index contributed by atoms with van der Waals surface area (Å²) < 4.78 is 10.1. The van der Waals surface area contributed by atoms with Crippen LogP contribution in [0.4, 0.5) is 4.79 Å². The van der Waals surface area contributed by atoms with Gasteiger partial charge in [-0.25, -0.2) is 4.79 Å². The Morgan fingerprint density at radius 3 is 2.55 bits per heavy atom. The molecule has 0 heterocycles. The van der Waals surface area contributed by atoms with E-state index in [-0.39, 0.29) is 6.54 Å². The minimum absolute atomic E-state index is 0.177. The van der Waals surface area contributed by atoms with E-state index < -0.39 is 23.9 Å². The van der Waals surface area contributed by atoms with Gasteiger partial charge in [-0.2, -0.15) is 0 Å². The van der Waals surface area contributed by atoms with Gasteiger partial charge in [0.15, 0.2) is 0 Å². The highest BCUT2D eigenvalue weighted by atomic mass is 35.5. The van der Waals surface area contributed by atoms with Crippen LogP contribution in [-0.4, -0.2) is 41.7 Å². The predicted molar refractivity (Wildman–Crippen MR) is 83.2 cm³/mol. The lowest BCUT2D eigenvalue weighted by molar-refractivity contribution is 0.0129. The molecule has 0 radical (unpaired) electrons. The van der Waals surface area contributed by atoms with Gasteiger partial charge in [0.25, 0.3) is 0 Å². The quantitative estimate of drug-likeness (QED) is 0.770. The molecule has 0 saturated carbocycles. The first kappa shape index (κ1) is 18.5. The average molecular weight is 332 g/mol. The Balaban J connectivity index is 2.65. The number of hydrogen-bond donors (Lipinski definition) is 3. The van der Waals surface area contributed by atoms with E-state index in [0.29, 0.717) is 16.3 Å². The third-order valence-corrected chi connectivity index (χ3v) is 3.08. The van der Waals surface area contributed by atoms with Crippen LogP contribution in [-0.2, 0) is 4.74 Å². The Hall–Kier alpha value is -1.50. The van der Waals surface area contributed by atoms with Crippen LogP contribution in [0.3, 0.4) is 0 Å². The molecule has 1 aromatic rings. The summed E-state index contributed by atoms with van der Waals surface area (Å²) in [5.41, 5.74) is -0.316. The molecule has 0 spiro atoms. The highest BCUT2D eigenvalue weighted by Gasteiger charge is 2.23. The summed E-state index contributed by atoms with van der Waals surface area (Å²) >= 11 is 6.00. The Labute approximate surface area is 135 Å². The van der Waals surface area contributed by atoms with Crippen molar-refractivity contribution >= 4 is 17.7 Å². The van der Waals surface area contributed by atoms with Gasteiger partial charge in [0.05, 0.1) is 7.11 Å².